The summed E-state index contributed by atoms with van der Waals surface area (Å²) in [6.45, 7) is 15.8. The molecular weight excluding hydrogens is 256 g/mol. The number of rotatable bonds is 6. The normalized spacial score (nSPS) is 15.8. The van der Waals surface area contributed by atoms with Gasteiger partial charge in [0.05, 0.1) is 6.10 Å². The van der Waals surface area contributed by atoms with Gasteiger partial charge >= 0.3 is 0 Å². The number of benzene rings is 1. The molecule has 0 amide bonds. The van der Waals surface area contributed by atoms with Gasteiger partial charge in [-0.2, -0.15) is 0 Å². The zero-order valence-electron chi connectivity index (χ0n) is 15.0. The van der Waals surface area contributed by atoms with Crippen molar-refractivity contribution in [2.24, 2.45) is 11.3 Å². The van der Waals surface area contributed by atoms with Crippen LogP contribution in [0.25, 0.3) is 0 Å². The highest BCUT2D eigenvalue weighted by atomic mass is 16.3. The summed E-state index contributed by atoms with van der Waals surface area (Å²) in [4.78, 5) is 0. The van der Waals surface area contributed by atoms with Gasteiger partial charge in [0.25, 0.3) is 0 Å². The number of aliphatic hydroxyl groups is 1. The van der Waals surface area contributed by atoms with Crippen LogP contribution in [0.1, 0.15) is 85.0 Å². The zero-order chi connectivity index (χ0) is 16.3. The van der Waals surface area contributed by atoms with Crippen LogP contribution in [0.3, 0.4) is 0 Å². The van der Waals surface area contributed by atoms with Crippen LogP contribution in [0.2, 0.25) is 0 Å². The molecule has 0 heterocycles. The Hall–Kier alpha value is -0.820. The Labute approximate surface area is 131 Å². The molecular formula is C20H34O. The Morgan fingerprint density at radius 2 is 1.52 bits per heavy atom. The summed E-state index contributed by atoms with van der Waals surface area (Å²) < 4.78 is 0. The molecule has 0 aromatic heterocycles. The first-order valence-electron chi connectivity index (χ1n) is 8.33. The lowest BCUT2D eigenvalue weighted by molar-refractivity contribution is 0.134. The predicted molar refractivity (Wildman–Crippen MR) is 92.6 cm³/mol. The van der Waals surface area contributed by atoms with Gasteiger partial charge in [-0.15, -0.1) is 0 Å². The summed E-state index contributed by atoms with van der Waals surface area (Å²) in [6, 6.07) is 8.55. The van der Waals surface area contributed by atoms with E-state index in [0.717, 1.165) is 24.8 Å². The maximum absolute atomic E-state index is 10.4. The largest absolute Gasteiger partial charge is 0.388 e. The van der Waals surface area contributed by atoms with Crippen molar-refractivity contribution < 1.29 is 5.11 Å². The highest BCUT2D eigenvalue weighted by molar-refractivity contribution is 5.29. The Bertz CT molecular complexity index is 422. The molecule has 0 saturated carbocycles. The van der Waals surface area contributed by atoms with Crippen LogP contribution in [-0.4, -0.2) is 5.11 Å². The first-order valence-corrected chi connectivity index (χ1v) is 8.33. The minimum absolute atomic E-state index is 0.211. The van der Waals surface area contributed by atoms with Gasteiger partial charge in [0.2, 0.25) is 0 Å². The van der Waals surface area contributed by atoms with Crippen LogP contribution < -0.4 is 0 Å². The molecule has 21 heavy (non-hydrogen) atoms. The Balaban J connectivity index is 2.69. The second-order valence-corrected chi connectivity index (χ2v) is 8.48. The van der Waals surface area contributed by atoms with E-state index in [0.29, 0.717) is 11.3 Å². The van der Waals surface area contributed by atoms with Crippen molar-refractivity contribution >= 4 is 0 Å². The third-order valence-corrected chi connectivity index (χ3v) is 4.55. The molecule has 0 aliphatic heterocycles. The van der Waals surface area contributed by atoms with Crippen molar-refractivity contribution in [2.75, 3.05) is 0 Å². The Morgan fingerprint density at radius 1 is 1.00 bits per heavy atom. The fourth-order valence-corrected chi connectivity index (χ4v) is 3.01. The lowest BCUT2D eigenvalue weighted by atomic mass is 9.80. The van der Waals surface area contributed by atoms with Gasteiger partial charge in [0, 0.05) is 0 Å². The minimum atomic E-state index is -0.346. The third kappa shape index (κ3) is 5.82. The average Bonchev–Trinajstić information content (AvgIpc) is 2.36. The topological polar surface area (TPSA) is 20.2 Å². The van der Waals surface area contributed by atoms with Crippen LogP contribution in [0.4, 0.5) is 0 Å². The van der Waals surface area contributed by atoms with Gasteiger partial charge in [0.1, 0.15) is 0 Å². The zero-order valence-corrected chi connectivity index (χ0v) is 15.0. The first-order chi connectivity index (χ1) is 9.55. The van der Waals surface area contributed by atoms with E-state index in [2.05, 4.69) is 72.7 Å². The molecule has 0 radical (unpaired) electrons. The molecule has 0 fully saturated rings. The molecule has 2 atom stereocenters. The van der Waals surface area contributed by atoms with E-state index in [-0.39, 0.29) is 11.5 Å². The first kappa shape index (κ1) is 18.2. The number of aliphatic hydroxyl groups excluding tert-OH is 1. The molecule has 2 unspecified atom stereocenters. The van der Waals surface area contributed by atoms with Gasteiger partial charge in [-0.05, 0) is 47.1 Å². The highest BCUT2D eigenvalue weighted by Crippen LogP contribution is 2.32. The Kier molecular flexibility index (Phi) is 6.04. The summed E-state index contributed by atoms with van der Waals surface area (Å²) in [6.07, 6.45) is 2.76. The summed E-state index contributed by atoms with van der Waals surface area (Å²) in [7, 11) is 0. The van der Waals surface area contributed by atoms with Crippen LogP contribution in [0.5, 0.6) is 0 Å². The van der Waals surface area contributed by atoms with Crippen molar-refractivity contribution in [1.82, 2.24) is 0 Å². The molecule has 0 aliphatic rings. The molecule has 1 aromatic carbocycles. The van der Waals surface area contributed by atoms with Gasteiger partial charge in [0.15, 0.2) is 0 Å². The number of hydrogen-bond donors (Lipinski definition) is 1. The van der Waals surface area contributed by atoms with E-state index in [4.69, 9.17) is 0 Å². The monoisotopic (exact) mass is 290 g/mol. The molecule has 0 bridgehead atoms. The van der Waals surface area contributed by atoms with Gasteiger partial charge in [-0.3, -0.25) is 0 Å². The molecule has 1 nitrogen and oxygen atoms in total. The smallest absolute Gasteiger partial charge is 0.0792 e. The average molecular weight is 290 g/mol. The minimum Gasteiger partial charge on any atom is -0.388 e. The van der Waals surface area contributed by atoms with Crippen LogP contribution in [-0.2, 0) is 5.41 Å². The van der Waals surface area contributed by atoms with E-state index >= 15 is 0 Å². The van der Waals surface area contributed by atoms with E-state index in [1.165, 1.54) is 5.56 Å². The van der Waals surface area contributed by atoms with Crippen molar-refractivity contribution in [3.63, 3.8) is 0 Å². The lowest BCUT2D eigenvalue weighted by Crippen LogP contribution is -2.16. The summed E-state index contributed by atoms with van der Waals surface area (Å²) in [5.74, 6) is 0.534. The third-order valence-electron chi connectivity index (χ3n) is 4.55. The molecule has 0 spiro atoms. The van der Waals surface area contributed by atoms with Crippen molar-refractivity contribution in [3.05, 3.63) is 35.4 Å². The second-order valence-electron chi connectivity index (χ2n) is 8.48. The standard InChI is InChI=1S/C20H34O/c1-8-20(6,7)17-11-9-16(10-12-17)18(21)13-15(2)14-19(3,4)5/h9-12,15,18,21H,8,13-14H2,1-7H3. The maximum atomic E-state index is 10.4. The highest BCUT2D eigenvalue weighted by Gasteiger charge is 2.20. The van der Waals surface area contributed by atoms with Crippen molar-refractivity contribution in [2.45, 2.75) is 79.2 Å². The molecule has 0 saturated heterocycles. The molecule has 1 N–H and O–H groups in total. The number of hydrogen-bond acceptors (Lipinski definition) is 1. The molecule has 1 heteroatoms. The van der Waals surface area contributed by atoms with E-state index in [9.17, 15) is 5.11 Å². The fraction of sp³-hybridized carbons (Fsp3) is 0.700. The van der Waals surface area contributed by atoms with Gasteiger partial charge in [-0.1, -0.05) is 72.7 Å². The molecule has 1 aromatic rings. The van der Waals surface area contributed by atoms with Crippen LogP contribution in [0, 0.1) is 11.3 Å². The summed E-state index contributed by atoms with van der Waals surface area (Å²) in [5.41, 5.74) is 2.94. The second kappa shape index (κ2) is 6.96. The van der Waals surface area contributed by atoms with Gasteiger partial charge in [-0.25, -0.2) is 0 Å². The summed E-state index contributed by atoms with van der Waals surface area (Å²) >= 11 is 0. The lowest BCUT2D eigenvalue weighted by Gasteiger charge is -2.26. The maximum Gasteiger partial charge on any atom is 0.0792 e. The van der Waals surface area contributed by atoms with Crippen molar-refractivity contribution in [1.29, 1.82) is 0 Å². The van der Waals surface area contributed by atoms with Crippen LogP contribution in [0.15, 0.2) is 24.3 Å². The quantitative estimate of drug-likeness (QED) is 0.694. The predicted octanol–water partition coefficient (Wildman–Crippen LogP) is 5.87. The summed E-state index contributed by atoms with van der Waals surface area (Å²) in [5, 5.41) is 10.4. The molecule has 120 valence electrons. The van der Waals surface area contributed by atoms with E-state index in [1.807, 2.05) is 0 Å². The van der Waals surface area contributed by atoms with Crippen LogP contribution >= 0.6 is 0 Å². The molecule has 0 aliphatic carbocycles. The van der Waals surface area contributed by atoms with E-state index < -0.39 is 0 Å². The van der Waals surface area contributed by atoms with Gasteiger partial charge < -0.3 is 5.11 Å². The SMILES string of the molecule is CCC(C)(C)c1ccc(C(O)CC(C)CC(C)(C)C)cc1. The Morgan fingerprint density at radius 3 is 1.95 bits per heavy atom. The molecule has 1 rings (SSSR count). The fourth-order valence-electron chi connectivity index (χ4n) is 3.01. The van der Waals surface area contributed by atoms with Crippen molar-refractivity contribution in [3.8, 4) is 0 Å². The van der Waals surface area contributed by atoms with E-state index in [1.54, 1.807) is 0 Å².